The zero-order valence-electron chi connectivity index (χ0n) is 20.0. The number of rotatable bonds is 8. The maximum Gasteiger partial charge on any atom is 0.269 e. The first-order valence-corrected chi connectivity index (χ1v) is 11.8. The van der Waals surface area contributed by atoms with Gasteiger partial charge in [0.25, 0.3) is 11.2 Å². The third kappa shape index (κ3) is 4.98. The van der Waals surface area contributed by atoms with Crippen molar-refractivity contribution < 1.29 is 18.9 Å². The number of carbonyl (C=O) groups excluding carboxylic acids is 2. The Bertz CT molecular complexity index is 1600. The highest BCUT2D eigenvalue weighted by Gasteiger charge is 2.35. The van der Waals surface area contributed by atoms with E-state index < -0.39 is 16.7 Å². The van der Waals surface area contributed by atoms with Crippen LogP contribution >= 0.6 is 0 Å². The molecule has 0 saturated carbocycles. The maximum absolute atomic E-state index is 13.2. The molecule has 5 rings (SSSR count). The fraction of sp³-hybridized carbons (Fsp3) is 0.240. The molecule has 2 aromatic carbocycles. The van der Waals surface area contributed by atoms with Gasteiger partial charge in [0.1, 0.15) is 17.5 Å². The van der Waals surface area contributed by atoms with E-state index in [1.807, 2.05) is 0 Å². The molecule has 2 amide bonds. The van der Waals surface area contributed by atoms with Gasteiger partial charge in [-0.3, -0.25) is 29.1 Å². The fourth-order valence-corrected chi connectivity index (χ4v) is 4.42. The summed E-state index contributed by atoms with van der Waals surface area (Å²) in [7, 11) is 0. The highest BCUT2D eigenvalue weighted by Crippen LogP contribution is 2.25. The number of carbonyl (C=O) groups is 2. The van der Waals surface area contributed by atoms with Crippen molar-refractivity contribution in [2.24, 2.45) is 5.92 Å². The topological polar surface area (TPSA) is 145 Å². The molecule has 1 aliphatic heterocycles. The molecular weight excluding hydrogens is 497 g/mol. The van der Waals surface area contributed by atoms with Crippen molar-refractivity contribution in [3.8, 4) is 0 Å². The van der Waals surface area contributed by atoms with Crippen molar-refractivity contribution in [3.05, 3.63) is 92.9 Å². The third-order valence-electron chi connectivity index (χ3n) is 6.35. The molecular formula is C25H22FN7O5. The van der Waals surface area contributed by atoms with E-state index in [9.17, 15) is 28.9 Å². The molecule has 1 atom stereocenters. The number of anilines is 1. The van der Waals surface area contributed by atoms with Crippen LogP contribution in [-0.4, -0.2) is 49.2 Å². The van der Waals surface area contributed by atoms with E-state index in [-0.39, 0.29) is 61.0 Å². The van der Waals surface area contributed by atoms with E-state index in [0.29, 0.717) is 16.9 Å². The standard InChI is InChI=1S/C25H22FN7O5/c26-18-4-6-19(7-5-18)31-14-17(11-22(31)34)24(35)27-8-9-32-23-21(12-29-32)25(36)30(15-28-23)13-16-2-1-3-20(10-16)33(37)38/h1-7,10,12,15,17H,8-9,11,13-14H2,(H,27,35). The first-order valence-electron chi connectivity index (χ1n) is 11.8. The van der Waals surface area contributed by atoms with Gasteiger partial charge in [0, 0.05) is 37.3 Å². The number of hydrogen-bond donors (Lipinski definition) is 1. The molecule has 38 heavy (non-hydrogen) atoms. The minimum atomic E-state index is -0.541. The fourth-order valence-electron chi connectivity index (χ4n) is 4.42. The third-order valence-corrected chi connectivity index (χ3v) is 6.35. The Morgan fingerprint density at radius 2 is 1.97 bits per heavy atom. The molecule has 1 aliphatic rings. The van der Waals surface area contributed by atoms with Gasteiger partial charge in [-0.2, -0.15) is 5.10 Å². The van der Waals surface area contributed by atoms with Gasteiger partial charge < -0.3 is 10.2 Å². The number of nitrogens with zero attached hydrogens (tertiary/aromatic N) is 6. The Hall–Kier alpha value is -4.94. The van der Waals surface area contributed by atoms with Crippen LogP contribution in [0.5, 0.6) is 0 Å². The van der Waals surface area contributed by atoms with Crippen molar-refractivity contribution in [1.29, 1.82) is 0 Å². The first kappa shape index (κ1) is 24.7. The lowest BCUT2D eigenvalue weighted by Crippen LogP contribution is -2.35. The average molecular weight is 519 g/mol. The van der Waals surface area contributed by atoms with E-state index in [0.717, 1.165) is 0 Å². The number of hydrogen-bond acceptors (Lipinski definition) is 7. The number of nitrogens with one attached hydrogen (secondary N) is 1. The van der Waals surface area contributed by atoms with Gasteiger partial charge >= 0.3 is 0 Å². The van der Waals surface area contributed by atoms with Crippen molar-refractivity contribution >= 4 is 34.2 Å². The number of benzene rings is 2. The lowest BCUT2D eigenvalue weighted by Gasteiger charge is -2.16. The number of nitro groups is 1. The number of fused-ring (bicyclic) bond motifs is 1. The number of halogens is 1. The second-order valence-corrected chi connectivity index (χ2v) is 8.88. The maximum atomic E-state index is 13.2. The van der Waals surface area contributed by atoms with Crippen LogP contribution in [0.15, 0.2) is 65.8 Å². The van der Waals surface area contributed by atoms with Crippen LogP contribution in [0, 0.1) is 21.8 Å². The van der Waals surface area contributed by atoms with E-state index >= 15 is 0 Å². The Morgan fingerprint density at radius 3 is 2.74 bits per heavy atom. The van der Waals surface area contributed by atoms with Crippen LogP contribution in [0.3, 0.4) is 0 Å². The van der Waals surface area contributed by atoms with Crippen molar-refractivity contribution in [2.45, 2.75) is 19.5 Å². The van der Waals surface area contributed by atoms with Gasteiger partial charge in [0.2, 0.25) is 11.8 Å². The monoisotopic (exact) mass is 519 g/mol. The average Bonchev–Trinajstić information content (AvgIpc) is 3.50. The molecule has 0 radical (unpaired) electrons. The normalized spacial score (nSPS) is 15.2. The molecule has 13 heteroatoms. The summed E-state index contributed by atoms with van der Waals surface area (Å²) in [5.74, 6) is -1.44. The smallest absolute Gasteiger partial charge is 0.269 e. The molecule has 4 aromatic rings. The van der Waals surface area contributed by atoms with E-state index in [1.54, 1.807) is 12.1 Å². The molecule has 0 spiro atoms. The largest absolute Gasteiger partial charge is 0.354 e. The second-order valence-electron chi connectivity index (χ2n) is 8.88. The molecule has 1 unspecified atom stereocenters. The highest BCUT2D eigenvalue weighted by molar-refractivity contribution is 6.00. The Balaban J connectivity index is 1.20. The van der Waals surface area contributed by atoms with Crippen LogP contribution in [0.25, 0.3) is 11.0 Å². The predicted molar refractivity (Wildman–Crippen MR) is 134 cm³/mol. The van der Waals surface area contributed by atoms with Gasteiger partial charge in [-0.1, -0.05) is 12.1 Å². The molecule has 2 aromatic heterocycles. The molecule has 1 N–H and O–H groups in total. The summed E-state index contributed by atoms with van der Waals surface area (Å²) < 4.78 is 16.0. The van der Waals surface area contributed by atoms with Crippen molar-refractivity contribution in [2.75, 3.05) is 18.0 Å². The molecule has 0 aliphatic carbocycles. The van der Waals surface area contributed by atoms with E-state index in [1.165, 1.54) is 63.1 Å². The summed E-state index contributed by atoms with van der Waals surface area (Å²) in [6.07, 6.45) is 2.81. The minimum Gasteiger partial charge on any atom is -0.354 e. The molecule has 1 fully saturated rings. The number of amides is 2. The first-order chi connectivity index (χ1) is 18.3. The zero-order valence-corrected chi connectivity index (χ0v) is 20.0. The Morgan fingerprint density at radius 1 is 1.18 bits per heavy atom. The second kappa shape index (κ2) is 10.2. The summed E-state index contributed by atoms with van der Waals surface area (Å²) in [5, 5.41) is 18.3. The summed E-state index contributed by atoms with van der Waals surface area (Å²) in [4.78, 5) is 54.3. The Labute approximate surface area is 214 Å². The Kier molecular flexibility index (Phi) is 6.64. The number of non-ortho nitro benzene ring substituents is 1. The molecule has 12 nitrogen and oxygen atoms in total. The van der Waals surface area contributed by atoms with Gasteiger partial charge in [-0.25, -0.2) is 14.1 Å². The van der Waals surface area contributed by atoms with E-state index in [2.05, 4.69) is 15.4 Å². The molecule has 194 valence electrons. The number of aromatic nitrogens is 4. The lowest BCUT2D eigenvalue weighted by molar-refractivity contribution is -0.384. The van der Waals surface area contributed by atoms with Crippen molar-refractivity contribution in [1.82, 2.24) is 24.6 Å². The van der Waals surface area contributed by atoms with Gasteiger partial charge in [0.15, 0.2) is 5.65 Å². The molecule has 1 saturated heterocycles. The minimum absolute atomic E-state index is 0.0551. The molecule has 0 bridgehead atoms. The summed E-state index contributed by atoms with van der Waals surface area (Å²) in [6.45, 7) is 0.765. The predicted octanol–water partition coefficient (Wildman–Crippen LogP) is 1.86. The van der Waals surface area contributed by atoms with Gasteiger partial charge in [-0.15, -0.1) is 0 Å². The van der Waals surface area contributed by atoms with E-state index in [4.69, 9.17) is 0 Å². The van der Waals surface area contributed by atoms with Crippen molar-refractivity contribution in [3.63, 3.8) is 0 Å². The highest BCUT2D eigenvalue weighted by atomic mass is 19.1. The quantitative estimate of drug-likeness (QED) is 0.276. The summed E-state index contributed by atoms with van der Waals surface area (Å²) >= 11 is 0. The van der Waals surface area contributed by atoms with Gasteiger partial charge in [0.05, 0.1) is 30.1 Å². The van der Waals surface area contributed by atoms with Crippen LogP contribution in [-0.2, 0) is 22.7 Å². The zero-order chi connectivity index (χ0) is 26.8. The lowest BCUT2D eigenvalue weighted by atomic mass is 10.1. The van der Waals surface area contributed by atoms with Crippen LogP contribution in [0.2, 0.25) is 0 Å². The summed E-state index contributed by atoms with van der Waals surface area (Å²) in [5.41, 5.74) is 1.06. The van der Waals surface area contributed by atoms with Crippen LogP contribution in [0.1, 0.15) is 12.0 Å². The summed E-state index contributed by atoms with van der Waals surface area (Å²) in [6, 6.07) is 11.6. The SMILES string of the molecule is O=C(NCCn1ncc2c(=O)n(Cc3cccc([N+](=O)[O-])c3)cnc21)C1CC(=O)N(c2ccc(F)cc2)C1. The number of nitro benzene ring substituents is 1. The molecule has 3 heterocycles. The van der Waals surface area contributed by atoms with Crippen LogP contribution in [0.4, 0.5) is 15.8 Å². The van der Waals surface area contributed by atoms with Crippen LogP contribution < -0.4 is 15.8 Å². The van der Waals surface area contributed by atoms with Gasteiger partial charge in [-0.05, 0) is 29.8 Å².